The van der Waals surface area contributed by atoms with E-state index < -0.39 is 12.0 Å². The molecule has 178 valence electrons. The van der Waals surface area contributed by atoms with Gasteiger partial charge in [0.05, 0.1) is 16.4 Å². The molecule has 1 heterocycles. The summed E-state index contributed by atoms with van der Waals surface area (Å²) in [5.41, 5.74) is 4.19. The average Bonchev–Trinajstić information content (AvgIpc) is 2.85. The average molecular weight is 493 g/mol. The number of nitrogens with zero attached hydrogens (tertiary/aromatic N) is 2. The molecule has 0 aliphatic rings. The second-order valence-corrected chi connectivity index (χ2v) is 8.73. The molecule has 0 bridgehead atoms. The smallest absolute Gasteiger partial charge is 0.298 e. The van der Waals surface area contributed by atoms with Crippen LogP contribution in [0.15, 0.2) is 85.2 Å². The minimum Gasteiger partial charge on any atom is -0.387 e. The highest BCUT2D eigenvalue weighted by Gasteiger charge is 2.37. The molecule has 4 rings (SSSR count). The Kier molecular flexibility index (Phi) is 7.34. The first-order valence-corrected chi connectivity index (χ1v) is 11.5. The lowest BCUT2D eigenvalue weighted by Crippen LogP contribution is -2.27. The molecule has 0 aliphatic carbocycles. The van der Waals surface area contributed by atoms with Crippen LogP contribution in [0.4, 0.5) is 8.78 Å². The summed E-state index contributed by atoms with van der Waals surface area (Å²) >= 11 is 6.36. The molecule has 0 radical (unpaired) electrons. The van der Waals surface area contributed by atoms with Crippen LogP contribution in [0.5, 0.6) is 0 Å². The number of hydrogen-bond acceptors (Lipinski definition) is 4. The lowest BCUT2D eigenvalue weighted by Gasteiger charge is -2.19. The number of rotatable bonds is 8. The van der Waals surface area contributed by atoms with Crippen molar-refractivity contribution in [2.45, 2.75) is 31.8 Å². The number of carbonyl (C=O) groups excluding carboxylic acids is 1. The van der Waals surface area contributed by atoms with Gasteiger partial charge in [0.15, 0.2) is 0 Å². The third kappa shape index (κ3) is 5.61. The van der Waals surface area contributed by atoms with Crippen molar-refractivity contribution < 1.29 is 18.7 Å². The zero-order chi connectivity index (χ0) is 25.0. The largest absolute Gasteiger partial charge is 0.387 e. The molecule has 0 fully saturated rings. The molecule has 1 unspecified atom stereocenters. The third-order valence-corrected chi connectivity index (χ3v) is 6.05. The van der Waals surface area contributed by atoms with E-state index in [1.807, 2.05) is 42.5 Å². The summed E-state index contributed by atoms with van der Waals surface area (Å²) < 4.78 is 27.8. The van der Waals surface area contributed by atoms with Gasteiger partial charge in [0, 0.05) is 41.9 Å². The van der Waals surface area contributed by atoms with Crippen LogP contribution in [0.25, 0.3) is 22.5 Å². The maximum atomic E-state index is 13.9. The third-order valence-electron chi connectivity index (χ3n) is 5.72. The van der Waals surface area contributed by atoms with Crippen molar-refractivity contribution in [3.63, 3.8) is 0 Å². The summed E-state index contributed by atoms with van der Waals surface area (Å²) in [5.74, 6) is -3.37. The van der Waals surface area contributed by atoms with E-state index in [1.54, 1.807) is 18.5 Å². The fraction of sp³-hybridized carbons (Fsp3) is 0.179. The maximum Gasteiger partial charge on any atom is 0.298 e. The van der Waals surface area contributed by atoms with Gasteiger partial charge in [-0.1, -0.05) is 78.3 Å². The first-order chi connectivity index (χ1) is 16.8. The van der Waals surface area contributed by atoms with Crippen LogP contribution >= 0.6 is 11.6 Å². The molecule has 1 atom stereocenters. The number of carbonyl (C=O) groups is 1. The molecule has 3 aromatic carbocycles. The maximum absolute atomic E-state index is 13.9. The van der Waals surface area contributed by atoms with Crippen LogP contribution in [0, 0.1) is 0 Å². The standard InChI is InChI=1S/C28H23ClF2N2O2/c1-18(34)28(30,31)22-12-8-20(9-13-22)17-23(35)16-19-6-10-21(11-7-19)26-27(33-15-14-32-26)24-4-2-3-5-25(24)29/h2-15,18,34H,16-17H2,1H3. The highest BCUT2D eigenvalue weighted by molar-refractivity contribution is 6.33. The van der Waals surface area contributed by atoms with E-state index in [2.05, 4.69) is 9.97 Å². The second-order valence-electron chi connectivity index (χ2n) is 8.32. The SMILES string of the molecule is CC(O)C(F)(F)c1ccc(CC(=O)Cc2ccc(-c3nccnc3-c3ccccc3Cl)cc2)cc1. The Bertz CT molecular complexity index is 1320. The number of aliphatic hydroxyl groups is 1. The molecule has 35 heavy (non-hydrogen) atoms. The number of aromatic nitrogens is 2. The molecule has 1 N–H and O–H groups in total. The zero-order valence-electron chi connectivity index (χ0n) is 19.0. The predicted octanol–water partition coefficient (Wildman–Crippen LogP) is 6.29. The van der Waals surface area contributed by atoms with Gasteiger partial charge in [0.1, 0.15) is 11.9 Å². The molecular formula is C28H23ClF2N2O2. The summed E-state index contributed by atoms with van der Waals surface area (Å²) in [5, 5.41) is 9.86. The van der Waals surface area contributed by atoms with Crippen molar-refractivity contribution in [2.75, 3.05) is 0 Å². The number of alkyl halides is 2. The second kappa shape index (κ2) is 10.4. The number of ketones is 1. The normalized spacial score (nSPS) is 12.4. The predicted molar refractivity (Wildman–Crippen MR) is 132 cm³/mol. The molecule has 0 spiro atoms. The van der Waals surface area contributed by atoms with Crippen molar-refractivity contribution in [1.82, 2.24) is 9.97 Å². The number of halogens is 3. The van der Waals surface area contributed by atoms with Crippen molar-refractivity contribution in [1.29, 1.82) is 0 Å². The lowest BCUT2D eigenvalue weighted by atomic mass is 9.98. The summed E-state index contributed by atoms with van der Waals surface area (Å²) in [6.45, 7) is 1.05. The van der Waals surface area contributed by atoms with Gasteiger partial charge in [0.2, 0.25) is 0 Å². The Morgan fingerprint density at radius 3 is 2.00 bits per heavy atom. The van der Waals surface area contributed by atoms with Gasteiger partial charge in [-0.15, -0.1) is 0 Å². The number of aliphatic hydroxyl groups excluding tert-OH is 1. The Morgan fingerprint density at radius 1 is 0.886 bits per heavy atom. The van der Waals surface area contributed by atoms with Crippen LogP contribution in [-0.4, -0.2) is 27.0 Å². The number of hydrogen-bond donors (Lipinski definition) is 1. The molecule has 4 aromatic rings. The molecule has 0 saturated carbocycles. The summed E-state index contributed by atoms with van der Waals surface area (Å²) in [4.78, 5) is 21.5. The van der Waals surface area contributed by atoms with E-state index in [-0.39, 0.29) is 24.2 Å². The van der Waals surface area contributed by atoms with Gasteiger partial charge in [-0.05, 0) is 24.1 Å². The molecule has 0 amide bonds. The summed E-state index contributed by atoms with van der Waals surface area (Å²) in [6, 6.07) is 20.4. The first kappa shape index (κ1) is 24.6. The topological polar surface area (TPSA) is 63.1 Å². The summed E-state index contributed by atoms with van der Waals surface area (Å²) in [7, 11) is 0. The first-order valence-electron chi connectivity index (χ1n) is 11.1. The molecule has 1 aromatic heterocycles. The van der Waals surface area contributed by atoms with Crippen LogP contribution in [0.3, 0.4) is 0 Å². The Balaban J connectivity index is 1.45. The van der Waals surface area contributed by atoms with E-state index in [9.17, 15) is 18.7 Å². The molecule has 0 saturated heterocycles. The van der Waals surface area contributed by atoms with Crippen LogP contribution in [0.1, 0.15) is 23.6 Å². The van der Waals surface area contributed by atoms with Gasteiger partial charge in [-0.3, -0.25) is 14.8 Å². The Morgan fingerprint density at radius 2 is 1.43 bits per heavy atom. The molecule has 0 aliphatic heterocycles. The lowest BCUT2D eigenvalue weighted by molar-refractivity contribution is -0.117. The van der Waals surface area contributed by atoms with E-state index in [4.69, 9.17) is 11.6 Å². The number of benzene rings is 3. The highest BCUT2D eigenvalue weighted by Crippen LogP contribution is 2.33. The zero-order valence-corrected chi connectivity index (χ0v) is 19.7. The Hall–Kier alpha value is -3.48. The van der Waals surface area contributed by atoms with Gasteiger partial charge < -0.3 is 5.11 Å². The minimum atomic E-state index is -3.33. The van der Waals surface area contributed by atoms with Crippen molar-refractivity contribution >= 4 is 17.4 Å². The van der Waals surface area contributed by atoms with E-state index in [0.29, 0.717) is 22.0 Å². The van der Waals surface area contributed by atoms with Gasteiger partial charge in [-0.25, -0.2) is 0 Å². The van der Waals surface area contributed by atoms with E-state index >= 15 is 0 Å². The monoisotopic (exact) mass is 492 g/mol. The van der Waals surface area contributed by atoms with Crippen molar-refractivity contribution in [3.8, 4) is 22.5 Å². The minimum absolute atomic E-state index is 0.0379. The van der Waals surface area contributed by atoms with Gasteiger partial charge >= 0.3 is 0 Å². The highest BCUT2D eigenvalue weighted by atomic mass is 35.5. The Labute approximate surface area is 207 Å². The van der Waals surface area contributed by atoms with E-state index in [1.165, 1.54) is 24.3 Å². The quantitative estimate of drug-likeness (QED) is 0.314. The van der Waals surface area contributed by atoms with Crippen LogP contribution < -0.4 is 0 Å². The summed E-state index contributed by atoms with van der Waals surface area (Å²) in [6.07, 6.45) is 1.79. The fourth-order valence-electron chi connectivity index (χ4n) is 3.78. The molecule has 7 heteroatoms. The van der Waals surface area contributed by atoms with Crippen molar-refractivity contribution in [2.24, 2.45) is 0 Å². The van der Waals surface area contributed by atoms with E-state index in [0.717, 1.165) is 23.6 Å². The molecule has 4 nitrogen and oxygen atoms in total. The molecular weight excluding hydrogens is 470 g/mol. The van der Waals surface area contributed by atoms with Crippen LogP contribution in [0.2, 0.25) is 5.02 Å². The van der Waals surface area contributed by atoms with Crippen LogP contribution in [-0.2, 0) is 23.6 Å². The number of Topliss-reactive ketones (excluding diaryl/α,β-unsaturated/α-hetero) is 1. The fourth-order valence-corrected chi connectivity index (χ4v) is 4.01. The van der Waals surface area contributed by atoms with Gasteiger partial charge in [0.25, 0.3) is 5.92 Å². The van der Waals surface area contributed by atoms with Crippen molar-refractivity contribution in [3.05, 3.63) is 107 Å². The van der Waals surface area contributed by atoms with Gasteiger partial charge in [-0.2, -0.15) is 8.78 Å².